The molecule has 206 valence electrons. The van der Waals surface area contributed by atoms with Gasteiger partial charge in [0, 0.05) is 11.0 Å². The molecule has 0 fully saturated rings. The van der Waals surface area contributed by atoms with Crippen molar-refractivity contribution in [3.63, 3.8) is 0 Å². The summed E-state index contributed by atoms with van der Waals surface area (Å²) >= 11 is 0. The highest BCUT2D eigenvalue weighted by atomic mass is 16.5. The molecule has 0 saturated carbocycles. The predicted octanol–water partition coefficient (Wildman–Crippen LogP) is 7.04. The van der Waals surface area contributed by atoms with Crippen molar-refractivity contribution in [2.75, 3.05) is 21.3 Å². The minimum absolute atomic E-state index is 0.0991. The molecule has 3 rings (SSSR count). The van der Waals surface area contributed by atoms with Gasteiger partial charge in [0.1, 0.15) is 0 Å². The van der Waals surface area contributed by atoms with Crippen LogP contribution in [-0.2, 0) is 23.7 Å². The van der Waals surface area contributed by atoms with Crippen LogP contribution in [0.5, 0.6) is 34.5 Å². The Bertz CT molecular complexity index is 1250. The third-order valence-corrected chi connectivity index (χ3v) is 7.90. The van der Waals surface area contributed by atoms with Gasteiger partial charge in [-0.1, -0.05) is 52.3 Å². The van der Waals surface area contributed by atoms with Gasteiger partial charge in [-0.15, -0.1) is 0 Å². The maximum absolute atomic E-state index is 11.3. The topological polar surface area (TPSA) is 88.4 Å². The summed E-state index contributed by atoms with van der Waals surface area (Å²) in [6.45, 7) is 8.64. The Morgan fingerprint density at radius 3 is 1.79 bits per heavy atom. The van der Waals surface area contributed by atoms with E-state index in [0.29, 0.717) is 30.1 Å². The molecule has 0 bridgehead atoms. The second kappa shape index (κ2) is 11.9. The van der Waals surface area contributed by atoms with Crippen LogP contribution in [0, 0.1) is 0 Å². The lowest BCUT2D eigenvalue weighted by atomic mass is 9.71. The van der Waals surface area contributed by atoms with E-state index in [1.165, 1.54) is 7.11 Å². The van der Waals surface area contributed by atoms with Crippen molar-refractivity contribution in [1.82, 2.24) is 0 Å². The molecule has 2 atom stereocenters. The molecule has 3 N–H and O–H groups in total. The summed E-state index contributed by atoms with van der Waals surface area (Å²) in [6, 6.07) is 15.0. The molecule has 3 aromatic rings. The molecule has 0 radical (unpaired) electrons. The third kappa shape index (κ3) is 5.95. The summed E-state index contributed by atoms with van der Waals surface area (Å²) in [7, 11) is 4.67. The molecule has 0 spiro atoms. The molecule has 0 saturated heterocycles. The van der Waals surface area contributed by atoms with Crippen molar-refractivity contribution in [3.8, 4) is 34.5 Å². The van der Waals surface area contributed by atoms with E-state index in [1.807, 2.05) is 30.3 Å². The summed E-state index contributed by atoms with van der Waals surface area (Å²) in [4.78, 5) is 0. The van der Waals surface area contributed by atoms with Gasteiger partial charge in [-0.3, -0.25) is 0 Å². The number of hydrogen-bond donors (Lipinski definition) is 3. The lowest BCUT2D eigenvalue weighted by Gasteiger charge is -2.34. The number of phenols is 3. The Morgan fingerprint density at radius 2 is 1.21 bits per heavy atom. The Balaban J connectivity index is 2.08. The molecule has 2 unspecified atom stereocenters. The molecule has 6 heteroatoms. The lowest BCUT2D eigenvalue weighted by molar-refractivity contribution is 0.350. The zero-order chi connectivity index (χ0) is 28.1. The SMILES string of the molecule is CCCC(C)(Cc1cc(OC)c(O)c(C(C)(CC)Cc2ccc(O)c(OC)c2)c1)c1ccc(O)c(OC)c1. The Kier molecular flexibility index (Phi) is 9.08. The first-order valence-corrected chi connectivity index (χ1v) is 13.2. The predicted molar refractivity (Wildman–Crippen MR) is 151 cm³/mol. The molecule has 38 heavy (non-hydrogen) atoms. The maximum Gasteiger partial charge on any atom is 0.161 e. The first-order chi connectivity index (χ1) is 18.0. The fourth-order valence-electron chi connectivity index (χ4n) is 5.47. The van der Waals surface area contributed by atoms with Crippen molar-refractivity contribution >= 4 is 0 Å². The summed E-state index contributed by atoms with van der Waals surface area (Å²) in [6.07, 6.45) is 4.04. The highest BCUT2D eigenvalue weighted by Gasteiger charge is 2.33. The van der Waals surface area contributed by atoms with E-state index in [1.54, 1.807) is 26.4 Å². The van der Waals surface area contributed by atoms with E-state index in [0.717, 1.165) is 41.5 Å². The zero-order valence-electron chi connectivity index (χ0n) is 23.7. The second-order valence-electron chi connectivity index (χ2n) is 10.7. The van der Waals surface area contributed by atoms with Crippen LogP contribution in [0.2, 0.25) is 0 Å². The first-order valence-electron chi connectivity index (χ1n) is 13.2. The number of hydrogen-bond acceptors (Lipinski definition) is 6. The van der Waals surface area contributed by atoms with Crippen LogP contribution in [0.25, 0.3) is 0 Å². The molecule has 0 aliphatic rings. The Hall–Kier alpha value is -3.54. The van der Waals surface area contributed by atoms with E-state index in [4.69, 9.17) is 14.2 Å². The van der Waals surface area contributed by atoms with Crippen LogP contribution in [0.4, 0.5) is 0 Å². The van der Waals surface area contributed by atoms with Crippen LogP contribution < -0.4 is 14.2 Å². The fraction of sp³-hybridized carbons (Fsp3) is 0.438. The second-order valence-corrected chi connectivity index (χ2v) is 10.7. The average Bonchev–Trinajstić information content (AvgIpc) is 2.90. The quantitative estimate of drug-likeness (QED) is 0.236. The Morgan fingerprint density at radius 1 is 0.658 bits per heavy atom. The summed E-state index contributed by atoms with van der Waals surface area (Å²) in [5.74, 6) is 1.69. The van der Waals surface area contributed by atoms with E-state index >= 15 is 0 Å². The van der Waals surface area contributed by atoms with Gasteiger partial charge in [-0.2, -0.15) is 0 Å². The number of ether oxygens (including phenoxy) is 3. The molecule has 3 aromatic carbocycles. The van der Waals surface area contributed by atoms with Crippen molar-refractivity contribution in [2.45, 2.75) is 70.6 Å². The smallest absolute Gasteiger partial charge is 0.161 e. The van der Waals surface area contributed by atoms with Crippen molar-refractivity contribution < 1.29 is 29.5 Å². The van der Waals surface area contributed by atoms with E-state index in [2.05, 4.69) is 33.8 Å². The van der Waals surface area contributed by atoms with Crippen molar-refractivity contribution in [2.24, 2.45) is 0 Å². The largest absolute Gasteiger partial charge is 0.504 e. The van der Waals surface area contributed by atoms with Crippen LogP contribution in [0.15, 0.2) is 48.5 Å². The number of phenolic OH excluding ortho intramolecular Hbond substituents is 3. The van der Waals surface area contributed by atoms with Gasteiger partial charge < -0.3 is 29.5 Å². The summed E-state index contributed by atoms with van der Waals surface area (Å²) in [5.41, 5.74) is 3.32. The minimum atomic E-state index is -0.404. The molecule has 0 aliphatic heterocycles. The number of aromatic hydroxyl groups is 3. The summed E-state index contributed by atoms with van der Waals surface area (Å²) < 4.78 is 16.4. The van der Waals surface area contributed by atoms with Gasteiger partial charge in [0.2, 0.25) is 0 Å². The van der Waals surface area contributed by atoms with E-state index in [9.17, 15) is 15.3 Å². The molecule has 0 aliphatic carbocycles. The molecule has 0 aromatic heterocycles. The first kappa shape index (κ1) is 29.0. The van der Waals surface area contributed by atoms with Gasteiger partial charge in [0.15, 0.2) is 34.5 Å². The van der Waals surface area contributed by atoms with Crippen molar-refractivity contribution in [1.29, 1.82) is 0 Å². The van der Waals surface area contributed by atoms with Crippen LogP contribution in [-0.4, -0.2) is 36.6 Å². The normalized spacial score (nSPS) is 14.4. The van der Waals surface area contributed by atoms with Gasteiger partial charge in [0.25, 0.3) is 0 Å². The highest BCUT2D eigenvalue weighted by Crippen LogP contribution is 2.45. The highest BCUT2D eigenvalue weighted by molar-refractivity contribution is 5.54. The minimum Gasteiger partial charge on any atom is -0.504 e. The maximum atomic E-state index is 11.3. The van der Waals surface area contributed by atoms with Gasteiger partial charge in [-0.05, 0) is 78.1 Å². The van der Waals surface area contributed by atoms with E-state index < -0.39 is 5.41 Å². The monoisotopic (exact) mass is 522 g/mol. The lowest BCUT2D eigenvalue weighted by Crippen LogP contribution is -2.27. The molecule has 6 nitrogen and oxygen atoms in total. The van der Waals surface area contributed by atoms with Crippen LogP contribution >= 0.6 is 0 Å². The van der Waals surface area contributed by atoms with Crippen LogP contribution in [0.1, 0.15) is 69.2 Å². The molecular weight excluding hydrogens is 480 g/mol. The number of benzene rings is 3. The van der Waals surface area contributed by atoms with E-state index in [-0.39, 0.29) is 22.7 Å². The van der Waals surface area contributed by atoms with Crippen molar-refractivity contribution in [3.05, 3.63) is 70.8 Å². The van der Waals surface area contributed by atoms with Gasteiger partial charge in [-0.25, -0.2) is 0 Å². The van der Waals surface area contributed by atoms with Gasteiger partial charge >= 0.3 is 0 Å². The Labute approximate surface area is 226 Å². The fourth-order valence-corrected chi connectivity index (χ4v) is 5.47. The van der Waals surface area contributed by atoms with Gasteiger partial charge in [0.05, 0.1) is 21.3 Å². The molecular formula is C32H42O6. The zero-order valence-corrected chi connectivity index (χ0v) is 23.7. The standard InChI is InChI=1S/C32H42O6/c1-8-14-32(4,23-11-13-26(34)28(18-23)37-6)20-22-15-24(30(35)29(17-22)38-7)31(3,9-2)19-21-10-12-25(33)27(16-21)36-5/h10-13,15-18,33-35H,8-9,14,19-20H2,1-7H3. The average molecular weight is 523 g/mol. The molecule has 0 heterocycles. The molecule has 0 amide bonds. The third-order valence-electron chi connectivity index (χ3n) is 7.90. The number of methoxy groups -OCH3 is 3. The van der Waals surface area contributed by atoms with Crippen LogP contribution in [0.3, 0.4) is 0 Å². The number of rotatable bonds is 12. The summed E-state index contributed by atoms with van der Waals surface area (Å²) in [5, 5.41) is 31.5.